The van der Waals surface area contributed by atoms with E-state index in [9.17, 15) is 14.4 Å². The van der Waals surface area contributed by atoms with Crippen molar-refractivity contribution in [1.82, 2.24) is 9.88 Å². The number of carbonyl (C=O) groups is 3. The van der Waals surface area contributed by atoms with Gasteiger partial charge in [-0.05, 0) is 42.3 Å². The highest BCUT2D eigenvalue weighted by Gasteiger charge is 2.22. The van der Waals surface area contributed by atoms with Crippen molar-refractivity contribution in [3.63, 3.8) is 0 Å². The van der Waals surface area contributed by atoms with Gasteiger partial charge in [0.05, 0.1) is 13.2 Å². The topological polar surface area (TPSA) is 97.8 Å². The average Bonchev–Trinajstić information content (AvgIpc) is 2.89. The predicted octanol–water partition coefficient (Wildman–Crippen LogP) is 5.24. The number of nitrogens with one attached hydrogen (secondary N) is 1. The number of anilines is 1. The van der Waals surface area contributed by atoms with Crippen LogP contribution in [0.1, 0.15) is 31.2 Å². The number of hydrogen-bond donors (Lipinski definition) is 1. The number of fused-ring (bicyclic) bond motifs is 1. The fraction of sp³-hybridized carbons (Fsp3) is 0.333. The third-order valence-electron chi connectivity index (χ3n) is 5.92. The molecular weight excluding hydrogens is 482 g/mol. The fourth-order valence-electron chi connectivity index (χ4n) is 3.76. The molecule has 2 aromatic carbocycles. The SMILES string of the molecule is COC(=O)CCCC(COC(=O)Nc1cc2ccccc2cn1)N(C)C(=O)CCc1ccccc1Cl. The van der Waals surface area contributed by atoms with Crippen molar-refractivity contribution < 1.29 is 23.9 Å². The van der Waals surface area contributed by atoms with Crippen LogP contribution >= 0.6 is 11.6 Å². The molecule has 1 atom stereocenters. The maximum Gasteiger partial charge on any atom is 0.412 e. The minimum atomic E-state index is -0.673. The number of benzene rings is 2. The number of aryl methyl sites for hydroxylation is 1. The molecule has 1 aromatic heterocycles. The van der Waals surface area contributed by atoms with Gasteiger partial charge < -0.3 is 14.4 Å². The number of ether oxygens (including phenoxy) is 2. The summed E-state index contributed by atoms with van der Waals surface area (Å²) in [5, 5.41) is 5.14. The summed E-state index contributed by atoms with van der Waals surface area (Å²) in [7, 11) is 3.00. The molecule has 3 aromatic rings. The molecule has 36 heavy (non-hydrogen) atoms. The number of methoxy groups -OCH3 is 1. The number of esters is 1. The summed E-state index contributed by atoms with van der Waals surface area (Å²) in [5.74, 6) is -0.0780. The zero-order chi connectivity index (χ0) is 25.9. The van der Waals surface area contributed by atoms with Gasteiger partial charge in [0.15, 0.2) is 0 Å². The second kappa shape index (κ2) is 13.4. The molecule has 9 heteroatoms. The summed E-state index contributed by atoms with van der Waals surface area (Å²) in [6, 6.07) is 16.4. The molecule has 2 amide bonds. The van der Waals surface area contributed by atoms with E-state index in [1.165, 1.54) is 7.11 Å². The van der Waals surface area contributed by atoms with Gasteiger partial charge in [-0.3, -0.25) is 14.9 Å². The number of rotatable bonds is 11. The number of carbonyl (C=O) groups excluding carboxylic acids is 3. The van der Waals surface area contributed by atoms with Crippen molar-refractivity contribution in [3.8, 4) is 0 Å². The highest BCUT2D eigenvalue weighted by Crippen LogP contribution is 2.19. The lowest BCUT2D eigenvalue weighted by Crippen LogP contribution is -2.41. The van der Waals surface area contributed by atoms with E-state index in [0.717, 1.165) is 16.3 Å². The van der Waals surface area contributed by atoms with E-state index >= 15 is 0 Å². The number of amides is 2. The van der Waals surface area contributed by atoms with Crippen molar-refractivity contribution >= 4 is 46.2 Å². The largest absolute Gasteiger partial charge is 0.469 e. The van der Waals surface area contributed by atoms with Crippen molar-refractivity contribution in [3.05, 3.63) is 71.4 Å². The van der Waals surface area contributed by atoms with Gasteiger partial charge in [0.2, 0.25) is 5.91 Å². The van der Waals surface area contributed by atoms with Crippen molar-refractivity contribution in [1.29, 1.82) is 0 Å². The molecule has 1 heterocycles. The Kier molecular flexibility index (Phi) is 10.1. The Morgan fingerprint density at radius 1 is 1.06 bits per heavy atom. The van der Waals surface area contributed by atoms with Gasteiger partial charge in [-0.25, -0.2) is 9.78 Å². The number of aromatic nitrogens is 1. The summed E-state index contributed by atoms with van der Waals surface area (Å²) in [6.07, 6.45) is 2.90. The highest BCUT2D eigenvalue weighted by atomic mass is 35.5. The molecular formula is C27H30ClN3O5. The smallest absolute Gasteiger partial charge is 0.412 e. The molecule has 0 aliphatic rings. The van der Waals surface area contributed by atoms with Gasteiger partial charge in [-0.15, -0.1) is 0 Å². The summed E-state index contributed by atoms with van der Waals surface area (Å²) in [5.41, 5.74) is 0.890. The van der Waals surface area contributed by atoms with Crippen molar-refractivity contribution in [2.24, 2.45) is 0 Å². The Balaban J connectivity index is 1.58. The minimum absolute atomic E-state index is 0.0328. The predicted molar refractivity (Wildman–Crippen MR) is 139 cm³/mol. The second-order valence-corrected chi connectivity index (χ2v) is 8.77. The van der Waals surface area contributed by atoms with Gasteiger partial charge in [-0.1, -0.05) is 54.1 Å². The summed E-state index contributed by atoms with van der Waals surface area (Å²) in [4.78, 5) is 42.7. The van der Waals surface area contributed by atoms with Gasteiger partial charge in [-0.2, -0.15) is 0 Å². The number of pyridine rings is 1. The minimum Gasteiger partial charge on any atom is -0.469 e. The molecule has 0 radical (unpaired) electrons. The van der Waals surface area contributed by atoms with Crippen molar-refractivity contribution in [2.45, 2.75) is 38.1 Å². The van der Waals surface area contributed by atoms with E-state index in [1.54, 1.807) is 30.3 Å². The van der Waals surface area contributed by atoms with E-state index < -0.39 is 12.1 Å². The van der Waals surface area contributed by atoms with E-state index in [0.29, 0.717) is 30.1 Å². The molecule has 0 saturated carbocycles. The van der Waals surface area contributed by atoms with Crippen molar-refractivity contribution in [2.75, 3.05) is 26.1 Å². The molecule has 0 aliphatic carbocycles. The molecule has 1 N–H and O–H groups in total. The Bertz CT molecular complexity index is 1200. The number of nitrogens with zero attached hydrogens (tertiary/aromatic N) is 2. The van der Waals surface area contributed by atoms with Crippen LogP contribution in [0.15, 0.2) is 60.8 Å². The standard InChI is InChI=1S/C27H30ClN3O5/c1-31(25(32)15-14-19-8-5-6-12-23(19)28)22(11-7-13-26(33)35-2)18-36-27(34)30-24-16-20-9-3-4-10-21(20)17-29-24/h3-6,8-10,12,16-17,22H,7,11,13-15,18H2,1-2H3,(H,29,30,34). The van der Waals surface area contributed by atoms with E-state index in [-0.39, 0.29) is 31.3 Å². The maximum absolute atomic E-state index is 12.9. The van der Waals surface area contributed by atoms with E-state index in [4.69, 9.17) is 21.1 Å². The normalized spacial score (nSPS) is 11.5. The number of hydrogen-bond acceptors (Lipinski definition) is 6. The number of halogens is 1. The van der Waals surface area contributed by atoms with Crippen LogP contribution in [0.3, 0.4) is 0 Å². The zero-order valence-electron chi connectivity index (χ0n) is 20.4. The first-order valence-corrected chi connectivity index (χ1v) is 12.1. The lowest BCUT2D eigenvalue weighted by molar-refractivity contribution is -0.140. The van der Waals surface area contributed by atoms with Crippen LogP contribution in [0.2, 0.25) is 5.02 Å². The Labute approximate surface area is 215 Å². The molecule has 8 nitrogen and oxygen atoms in total. The zero-order valence-corrected chi connectivity index (χ0v) is 21.2. The third kappa shape index (κ3) is 7.95. The average molecular weight is 512 g/mol. The van der Waals surface area contributed by atoms with Gasteiger partial charge >= 0.3 is 12.1 Å². The van der Waals surface area contributed by atoms with Crippen LogP contribution < -0.4 is 5.32 Å². The van der Waals surface area contributed by atoms with E-state index in [2.05, 4.69) is 10.3 Å². The molecule has 0 aliphatic heterocycles. The van der Waals surface area contributed by atoms with Crippen LogP contribution in [-0.2, 0) is 25.5 Å². The van der Waals surface area contributed by atoms with Crippen LogP contribution in [0.5, 0.6) is 0 Å². The van der Waals surface area contributed by atoms with Crippen LogP contribution in [0, 0.1) is 0 Å². The first-order valence-electron chi connectivity index (χ1n) is 11.7. The summed E-state index contributed by atoms with van der Waals surface area (Å²) >= 11 is 6.21. The lowest BCUT2D eigenvalue weighted by Gasteiger charge is -2.28. The van der Waals surface area contributed by atoms with Crippen LogP contribution in [0.25, 0.3) is 10.8 Å². The lowest BCUT2D eigenvalue weighted by atomic mass is 10.1. The second-order valence-electron chi connectivity index (χ2n) is 8.36. The first kappa shape index (κ1) is 26.9. The fourth-order valence-corrected chi connectivity index (χ4v) is 3.99. The first-order chi connectivity index (χ1) is 17.4. The van der Waals surface area contributed by atoms with E-state index in [1.807, 2.05) is 42.5 Å². The number of likely N-dealkylation sites (N-methyl/N-ethyl adjacent to an activating group) is 1. The van der Waals surface area contributed by atoms with Gasteiger partial charge in [0, 0.05) is 36.5 Å². The molecule has 1 unspecified atom stereocenters. The molecule has 0 spiro atoms. The quantitative estimate of drug-likeness (QED) is 0.353. The monoisotopic (exact) mass is 511 g/mol. The Hall–Kier alpha value is -3.65. The van der Waals surface area contributed by atoms with Crippen LogP contribution in [-0.4, -0.2) is 54.7 Å². The highest BCUT2D eigenvalue weighted by molar-refractivity contribution is 6.31. The molecule has 3 rings (SSSR count). The molecule has 0 fully saturated rings. The van der Waals surface area contributed by atoms with Crippen LogP contribution in [0.4, 0.5) is 10.6 Å². The molecule has 190 valence electrons. The molecule has 0 bridgehead atoms. The Morgan fingerprint density at radius 3 is 2.53 bits per heavy atom. The summed E-state index contributed by atoms with van der Waals surface area (Å²) in [6.45, 7) is -0.0328. The third-order valence-corrected chi connectivity index (χ3v) is 6.29. The maximum atomic E-state index is 12.9. The van der Waals surface area contributed by atoms with Gasteiger partial charge in [0.1, 0.15) is 12.4 Å². The summed E-state index contributed by atoms with van der Waals surface area (Å²) < 4.78 is 10.1. The Morgan fingerprint density at radius 2 is 1.78 bits per heavy atom. The van der Waals surface area contributed by atoms with Gasteiger partial charge in [0.25, 0.3) is 0 Å². The molecule has 0 saturated heterocycles.